The Labute approximate surface area is 174 Å². The zero-order valence-corrected chi connectivity index (χ0v) is 17.6. The molecule has 5 aliphatic carbocycles. The van der Waals surface area contributed by atoms with Gasteiger partial charge in [0.05, 0.1) is 13.2 Å². The van der Waals surface area contributed by atoms with Crippen LogP contribution in [0.1, 0.15) is 45.4 Å². The highest BCUT2D eigenvalue weighted by molar-refractivity contribution is 5.81. The number of ether oxygens (including phenoxy) is 2. The van der Waals surface area contributed by atoms with Gasteiger partial charge >= 0.3 is 11.9 Å². The number of fused-ring (bicyclic) bond motifs is 12. The first kappa shape index (κ1) is 19.4. The van der Waals surface area contributed by atoms with Crippen LogP contribution in [0.15, 0.2) is 25.3 Å². The third-order valence-electron chi connectivity index (χ3n) is 9.60. The molecular weight excluding hydrogens is 364 g/mol. The van der Waals surface area contributed by atoms with E-state index in [1.54, 1.807) is 0 Å². The van der Waals surface area contributed by atoms with Crippen LogP contribution in [0.4, 0.5) is 0 Å². The molecule has 29 heavy (non-hydrogen) atoms. The summed E-state index contributed by atoms with van der Waals surface area (Å²) in [5.41, 5.74) is 0.107. The summed E-state index contributed by atoms with van der Waals surface area (Å²) in [5.74, 6) is 6.76. The first-order chi connectivity index (χ1) is 13.9. The van der Waals surface area contributed by atoms with E-state index in [2.05, 4.69) is 20.1 Å². The van der Waals surface area contributed by atoms with Gasteiger partial charge < -0.3 is 9.47 Å². The third kappa shape index (κ3) is 3.00. The smallest absolute Gasteiger partial charge is 0.330 e. The zero-order chi connectivity index (χ0) is 20.3. The summed E-state index contributed by atoms with van der Waals surface area (Å²) in [6, 6.07) is 0. The molecule has 4 nitrogen and oxygen atoms in total. The van der Waals surface area contributed by atoms with E-state index in [4.69, 9.17) is 9.47 Å². The van der Waals surface area contributed by atoms with Crippen molar-refractivity contribution < 1.29 is 19.1 Å². The number of rotatable bonds is 6. The molecule has 158 valence electrons. The van der Waals surface area contributed by atoms with Crippen molar-refractivity contribution >= 4 is 11.9 Å². The normalized spacial score (nSPS) is 48.7. The molecule has 0 N–H and O–H groups in total. The predicted octanol–water partition coefficient (Wildman–Crippen LogP) is 4.41. The van der Waals surface area contributed by atoms with Crippen LogP contribution >= 0.6 is 0 Å². The maximum atomic E-state index is 11.6. The molecule has 4 bridgehead atoms. The number of hydrogen-bond donors (Lipinski definition) is 0. The molecule has 5 rings (SSSR count). The fourth-order valence-corrected chi connectivity index (χ4v) is 8.80. The fourth-order valence-electron chi connectivity index (χ4n) is 8.80. The quantitative estimate of drug-likeness (QED) is 0.378. The Morgan fingerprint density at radius 2 is 1.66 bits per heavy atom. The van der Waals surface area contributed by atoms with Gasteiger partial charge in [0.25, 0.3) is 0 Å². The Bertz CT molecular complexity index is 728. The van der Waals surface area contributed by atoms with Crippen molar-refractivity contribution in [1.82, 2.24) is 0 Å². The molecule has 5 saturated carbocycles. The Morgan fingerprint density at radius 3 is 2.41 bits per heavy atom. The van der Waals surface area contributed by atoms with Crippen molar-refractivity contribution in [2.45, 2.75) is 45.4 Å². The zero-order valence-electron chi connectivity index (χ0n) is 17.6. The van der Waals surface area contributed by atoms with Gasteiger partial charge in [-0.15, -0.1) is 0 Å². The Balaban J connectivity index is 1.27. The number of esters is 2. The summed E-state index contributed by atoms with van der Waals surface area (Å²) < 4.78 is 10.9. The summed E-state index contributed by atoms with van der Waals surface area (Å²) in [4.78, 5) is 23.1. The molecule has 0 aromatic carbocycles. The van der Waals surface area contributed by atoms with E-state index < -0.39 is 0 Å². The monoisotopic (exact) mass is 398 g/mol. The molecule has 0 radical (unpaired) electrons. The van der Waals surface area contributed by atoms with Gasteiger partial charge in [0.15, 0.2) is 0 Å². The fraction of sp³-hybridized carbons (Fsp3) is 0.760. The lowest BCUT2D eigenvalue weighted by Gasteiger charge is -2.50. The summed E-state index contributed by atoms with van der Waals surface area (Å²) in [6.45, 7) is 10.4. The van der Waals surface area contributed by atoms with Gasteiger partial charge in [0, 0.05) is 17.6 Å². The third-order valence-corrected chi connectivity index (χ3v) is 9.60. The number of carbonyl (C=O) groups is 2. The topological polar surface area (TPSA) is 52.6 Å². The lowest BCUT2D eigenvalue weighted by atomic mass is 9.55. The SMILES string of the molecule is C=CC(=O)OCC1CC2CC1C1C3CC(C4CC[C@@](C)(COC(=O)C=C)CC43)C21. The Kier molecular flexibility index (Phi) is 4.67. The van der Waals surface area contributed by atoms with Crippen molar-refractivity contribution in [1.29, 1.82) is 0 Å². The van der Waals surface area contributed by atoms with Crippen LogP contribution in [0.3, 0.4) is 0 Å². The standard InChI is InChI=1S/C25H34O4/c1-4-21(26)28-12-15-8-14-9-17(15)24-19-10-18(23(14)24)16-6-7-25(3,11-20(16)19)13-29-22(27)5-2/h4-5,14-20,23-24H,1-2,6-13H2,3H3/t14?,15?,16?,17?,18?,19?,20?,23?,24?,25-/m1/s1. The highest BCUT2D eigenvalue weighted by Crippen LogP contribution is 2.74. The molecule has 4 heteroatoms. The van der Waals surface area contributed by atoms with Gasteiger partial charge in [-0.05, 0) is 91.8 Å². The lowest BCUT2D eigenvalue weighted by Crippen LogP contribution is -2.46. The molecular formula is C25H34O4. The van der Waals surface area contributed by atoms with Crippen LogP contribution in [0.2, 0.25) is 0 Å². The minimum Gasteiger partial charge on any atom is -0.462 e. The average molecular weight is 399 g/mol. The highest BCUT2D eigenvalue weighted by atomic mass is 16.5. The van der Waals surface area contributed by atoms with Crippen molar-refractivity contribution in [3.05, 3.63) is 25.3 Å². The number of hydrogen-bond acceptors (Lipinski definition) is 4. The van der Waals surface area contributed by atoms with E-state index >= 15 is 0 Å². The van der Waals surface area contributed by atoms with Crippen LogP contribution in [0, 0.1) is 58.7 Å². The van der Waals surface area contributed by atoms with Crippen LogP contribution in [0.25, 0.3) is 0 Å². The Morgan fingerprint density at radius 1 is 0.931 bits per heavy atom. The first-order valence-corrected chi connectivity index (χ1v) is 11.5. The summed E-state index contributed by atoms with van der Waals surface area (Å²) >= 11 is 0. The molecule has 0 saturated heterocycles. The van der Waals surface area contributed by atoms with Gasteiger partial charge in [0.1, 0.15) is 0 Å². The molecule has 10 atom stereocenters. The molecule has 0 heterocycles. The van der Waals surface area contributed by atoms with Crippen LogP contribution in [0.5, 0.6) is 0 Å². The van der Waals surface area contributed by atoms with E-state index in [0.717, 1.165) is 47.3 Å². The predicted molar refractivity (Wildman–Crippen MR) is 110 cm³/mol. The molecule has 0 aliphatic heterocycles. The second-order valence-corrected chi connectivity index (χ2v) is 10.9. The molecule has 0 aromatic rings. The largest absolute Gasteiger partial charge is 0.462 e. The summed E-state index contributed by atoms with van der Waals surface area (Å²) in [7, 11) is 0. The van der Waals surface area contributed by atoms with E-state index in [1.165, 1.54) is 50.7 Å². The highest BCUT2D eigenvalue weighted by Gasteiger charge is 2.68. The Hall–Kier alpha value is -1.58. The molecule has 0 amide bonds. The lowest BCUT2D eigenvalue weighted by molar-refractivity contribution is -0.143. The van der Waals surface area contributed by atoms with E-state index in [-0.39, 0.29) is 17.4 Å². The maximum Gasteiger partial charge on any atom is 0.330 e. The number of carbonyl (C=O) groups excluding carboxylic acids is 2. The van der Waals surface area contributed by atoms with E-state index in [0.29, 0.717) is 19.1 Å². The van der Waals surface area contributed by atoms with Gasteiger partial charge in [-0.25, -0.2) is 9.59 Å². The van der Waals surface area contributed by atoms with E-state index in [9.17, 15) is 9.59 Å². The minimum absolute atomic E-state index is 0.107. The van der Waals surface area contributed by atoms with Crippen molar-refractivity contribution in [3.8, 4) is 0 Å². The summed E-state index contributed by atoms with van der Waals surface area (Å²) in [6.07, 6.45) is 10.2. The first-order valence-electron chi connectivity index (χ1n) is 11.5. The van der Waals surface area contributed by atoms with Gasteiger partial charge in [-0.2, -0.15) is 0 Å². The van der Waals surface area contributed by atoms with E-state index in [1.807, 2.05) is 0 Å². The minimum atomic E-state index is -0.300. The van der Waals surface area contributed by atoms with Gasteiger partial charge in [-0.3, -0.25) is 0 Å². The molecule has 9 unspecified atom stereocenters. The summed E-state index contributed by atoms with van der Waals surface area (Å²) in [5, 5.41) is 0. The molecule has 0 aromatic heterocycles. The van der Waals surface area contributed by atoms with Gasteiger partial charge in [-0.1, -0.05) is 20.1 Å². The van der Waals surface area contributed by atoms with Crippen LogP contribution in [-0.4, -0.2) is 25.2 Å². The van der Waals surface area contributed by atoms with Crippen molar-refractivity contribution in [3.63, 3.8) is 0 Å². The van der Waals surface area contributed by atoms with Crippen LogP contribution < -0.4 is 0 Å². The second-order valence-electron chi connectivity index (χ2n) is 10.9. The van der Waals surface area contributed by atoms with Crippen LogP contribution in [-0.2, 0) is 19.1 Å². The molecule has 0 spiro atoms. The maximum absolute atomic E-state index is 11.6. The average Bonchev–Trinajstić information content (AvgIpc) is 3.47. The van der Waals surface area contributed by atoms with Crippen molar-refractivity contribution in [2.24, 2.45) is 58.7 Å². The van der Waals surface area contributed by atoms with Crippen molar-refractivity contribution in [2.75, 3.05) is 13.2 Å². The molecule has 5 aliphatic rings. The second kappa shape index (κ2) is 6.99. The molecule has 5 fully saturated rings. The van der Waals surface area contributed by atoms with Gasteiger partial charge in [0.2, 0.25) is 0 Å².